The number of aromatic nitrogens is 1. The molecule has 1 N–H and O–H groups in total. The summed E-state index contributed by atoms with van der Waals surface area (Å²) in [4.78, 5) is 21.0. The lowest BCUT2D eigenvalue weighted by Gasteiger charge is -2.32. The minimum Gasteiger partial charge on any atom is -0.399 e. The topological polar surface area (TPSA) is 88.6 Å². The van der Waals surface area contributed by atoms with Crippen LogP contribution in [0.5, 0.6) is 0 Å². The Bertz CT molecular complexity index is 1430. The molecule has 7 nitrogen and oxygen atoms in total. The van der Waals surface area contributed by atoms with Crippen LogP contribution >= 0.6 is 0 Å². The summed E-state index contributed by atoms with van der Waals surface area (Å²) in [5.41, 5.74) is 2.54. The molecule has 8 heteroatoms. The number of nitrogens with one attached hydrogen (secondary N) is 1. The summed E-state index contributed by atoms with van der Waals surface area (Å²) in [5.74, 6) is -0.329. The fourth-order valence-electron chi connectivity index (χ4n) is 3.95. The van der Waals surface area contributed by atoms with Gasteiger partial charge in [0.15, 0.2) is 5.69 Å². The van der Waals surface area contributed by atoms with Crippen LogP contribution in [0, 0.1) is 17.9 Å². The third kappa shape index (κ3) is 5.13. The van der Waals surface area contributed by atoms with Gasteiger partial charge < -0.3 is 14.6 Å². The molecule has 4 rings (SSSR count). The molecule has 1 amide bonds. The van der Waals surface area contributed by atoms with E-state index in [0.29, 0.717) is 28.2 Å². The largest absolute Gasteiger partial charge is 0.494 e. The quantitative estimate of drug-likeness (QED) is 0.367. The van der Waals surface area contributed by atoms with Crippen molar-refractivity contribution in [2.24, 2.45) is 0 Å². The summed E-state index contributed by atoms with van der Waals surface area (Å²) in [6.45, 7) is 19.2. The zero-order valence-electron chi connectivity index (χ0n) is 21.9. The van der Waals surface area contributed by atoms with Crippen molar-refractivity contribution >= 4 is 29.9 Å². The van der Waals surface area contributed by atoms with Crippen LogP contribution in [0.15, 0.2) is 60.8 Å². The van der Waals surface area contributed by atoms with E-state index in [0.717, 1.165) is 11.0 Å². The fourth-order valence-corrected chi connectivity index (χ4v) is 3.95. The predicted octanol–water partition coefficient (Wildman–Crippen LogP) is 5.65. The first-order chi connectivity index (χ1) is 17.4. The van der Waals surface area contributed by atoms with Crippen molar-refractivity contribution in [3.8, 4) is 17.2 Å². The number of pyridine rings is 1. The van der Waals surface area contributed by atoms with Gasteiger partial charge in [-0.15, -0.1) is 0 Å². The molecule has 2 heterocycles. The van der Waals surface area contributed by atoms with Crippen LogP contribution in [0.25, 0.3) is 16.0 Å². The fraction of sp³-hybridized carbons (Fsp3) is 0.310. The van der Waals surface area contributed by atoms with Gasteiger partial charge >= 0.3 is 7.12 Å². The number of hydrogen-bond acceptors (Lipinski definition) is 5. The molecule has 2 aromatic carbocycles. The van der Waals surface area contributed by atoms with Crippen molar-refractivity contribution in [2.75, 3.05) is 5.32 Å². The summed E-state index contributed by atoms with van der Waals surface area (Å²) in [6.07, 6.45) is 1.53. The molecular weight excluding hydrogens is 463 g/mol. The number of carbonyl (C=O) groups excluding carboxylic acids is 1. The zero-order chi connectivity index (χ0) is 27.0. The highest BCUT2D eigenvalue weighted by Crippen LogP contribution is 2.37. The van der Waals surface area contributed by atoms with Crippen LogP contribution in [0.3, 0.4) is 0 Å². The first kappa shape index (κ1) is 26.1. The van der Waals surface area contributed by atoms with Crippen molar-refractivity contribution < 1.29 is 14.1 Å². The van der Waals surface area contributed by atoms with Gasteiger partial charge in [-0.2, -0.15) is 5.26 Å². The predicted molar refractivity (Wildman–Crippen MR) is 145 cm³/mol. The van der Waals surface area contributed by atoms with E-state index >= 15 is 0 Å². The molecule has 0 radical (unpaired) electrons. The Morgan fingerprint density at radius 1 is 1.08 bits per heavy atom. The highest BCUT2D eigenvalue weighted by atomic mass is 16.7. The van der Waals surface area contributed by atoms with Crippen LogP contribution in [0.4, 0.5) is 11.4 Å². The van der Waals surface area contributed by atoms with Gasteiger partial charge in [0, 0.05) is 17.4 Å². The number of rotatable bonds is 5. The second-order valence-corrected chi connectivity index (χ2v) is 10.7. The molecule has 0 unspecified atom stereocenters. The summed E-state index contributed by atoms with van der Waals surface area (Å²) in [5, 5.41) is 12.3. The van der Waals surface area contributed by atoms with Crippen LogP contribution in [0.2, 0.25) is 0 Å². The zero-order valence-corrected chi connectivity index (χ0v) is 21.9. The number of nitriles is 1. The Morgan fingerprint density at radius 2 is 1.78 bits per heavy atom. The summed E-state index contributed by atoms with van der Waals surface area (Å²) < 4.78 is 12.4. The van der Waals surface area contributed by atoms with Crippen molar-refractivity contribution in [1.29, 1.82) is 5.26 Å². The number of amides is 1. The second kappa shape index (κ2) is 9.48. The Hall–Kier alpha value is -3.98. The minimum absolute atomic E-state index is 0.329. The van der Waals surface area contributed by atoms with Crippen LogP contribution in [0.1, 0.15) is 57.6 Å². The average molecular weight is 492 g/mol. The van der Waals surface area contributed by atoms with E-state index in [1.165, 1.54) is 6.20 Å². The van der Waals surface area contributed by atoms with Crippen molar-refractivity contribution in [2.45, 2.75) is 58.2 Å². The smallest absolute Gasteiger partial charge is 0.399 e. The molecule has 1 fully saturated rings. The standard InChI is InChI=1S/C29H29BN4O3/c1-27(2,18-31)25-16-20(13-14-33-25)26(35)34-22-11-12-24(32-7)23(17-22)19-9-8-10-21(15-19)30-36-28(3,4)29(5,6)37-30/h8-17H,1-6H3,(H,34,35). The van der Waals surface area contributed by atoms with Crippen LogP contribution in [-0.2, 0) is 14.7 Å². The lowest BCUT2D eigenvalue weighted by atomic mass is 9.78. The van der Waals surface area contributed by atoms with E-state index < -0.39 is 23.7 Å². The number of nitrogens with zero attached hydrogens (tertiary/aromatic N) is 3. The summed E-state index contributed by atoms with van der Waals surface area (Å²) in [7, 11) is -0.525. The molecule has 0 aliphatic carbocycles. The van der Waals surface area contributed by atoms with E-state index in [4.69, 9.17) is 15.9 Å². The molecular formula is C29H29BN4O3. The number of carbonyl (C=O) groups is 1. The molecule has 1 saturated heterocycles. The number of hydrogen-bond donors (Lipinski definition) is 1. The van der Waals surface area contributed by atoms with Gasteiger partial charge in [-0.3, -0.25) is 9.78 Å². The second-order valence-electron chi connectivity index (χ2n) is 10.7. The maximum absolute atomic E-state index is 13.0. The van der Waals surface area contributed by atoms with Crippen LogP contribution < -0.4 is 10.8 Å². The third-order valence-corrected chi connectivity index (χ3v) is 7.04. The lowest BCUT2D eigenvalue weighted by molar-refractivity contribution is 0.00578. The minimum atomic E-state index is -0.817. The van der Waals surface area contributed by atoms with E-state index in [-0.39, 0.29) is 5.91 Å². The normalized spacial score (nSPS) is 16.1. The molecule has 0 spiro atoms. The maximum atomic E-state index is 13.0. The first-order valence-corrected chi connectivity index (χ1v) is 12.0. The van der Waals surface area contributed by atoms with E-state index in [1.807, 2.05) is 52.0 Å². The molecule has 0 atom stereocenters. The van der Waals surface area contributed by atoms with Gasteiger partial charge in [0.2, 0.25) is 0 Å². The van der Waals surface area contributed by atoms with E-state index in [1.54, 1.807) is 44.2 Å². The molecule has 0 bridgehead atoms. The van der Waals surface area contributed by atoms with Crippen molar-refractivity contribution in [3.63, 3.8) is 0 Å². The van der Waals surface area contributed by atoms with E-state index in [9.17, 15) is 10.1 Å². The van der Waals surface area contributed by atoms with Crippen molar-refractivity contribution in [1.82, 2.24) is 4.98 Å². The molecule has 1 aromatic heterocycles. The molecule has 1 aliphatic rings. The molecule has 3 aromatic rings. The van der Waals surface area contributed by atoms with Gasteiger partial charge in [-0.05, 0) is 82.4 Å². The Balaban J connectivity index is 1.63. The van der Waals surface area contributed by atoms with Gasteiger partial charge in [-0.1, -0.05) is 30.3 Å². The van der Waals surface area contributed by atoms with E-state index in [2.05, 4.69) is 21.2 Å². The number of anilines is 1. The van der Waals surface area contributed by atoms with Gasteiger partial charge in [0.25, 0.3) is 5.91 Å². The highest BCUT2D eigenvalue weighted by molar-refractivity contribution is 6.62. The van der Waals surface area contributed by atoms with Crippen LogP contribution in [-0.4, -0.2) is 29.2 Å². The first-order valence-electron chi connectivity index (χ1n) is 12.0. The van der Waals surface area contributed by atoms with Crippen molar-refractivity contribution in [3.05, 3.63) is 83.5 Å². The average Bonchev–Trinajstić information content (AvgIpc) is 3.10. The van der Waals surface area contributed by atoms with Gasteiger partial charge in [0.1, 0.15) is 0 Å². The Labute approximate surface area is 218 Å². The SMILES string of the molecule is [C-]#[N+]c1ccc(NC(=O)c2ccnc(C(C)(C)C#N)c2)cc1-c1cccc(B2OC(C)(C)C(C)(C)O2)c1. The Morgan fingerprint density at radius 3 is 2.43 bits per heavy atom. The molecule has 186 valence electrons. The monoisotopic (exact) mass is 492 g/mol. The third-order valence-electron chi connectivity index (χ3n) is 7.04. The Kier molecular flexibility index (Phi) is 6.69. The maximum Gasteiger partial charge on any atom is 0.494 e. The summed E-state index contributed by atoms with van der Waals surface area (Å²) >= 11 is 0. The summed E-state index contributed by atoms with van der Waals surface area (Å²) in [6, 6.07) is 18.3. The highest BCUT2D eigenvalue weighted by Gasteiger charge is 2.51. The molecule has 37 heavy (non-hydrogen) atoms. The lowest BCUT2D eigenvalue weighted by Crippen LogP contribution is -2.41. The number of benzene rings is 2. The molecule has 0 saturated carbocycles. The van der Waals surface area contributed by atoms with Gasteiger partial charge in [-0.25, -0.2) is 4.85 Å². The molecule has 1 aliphatic heterocycles. The van der Waals surface area contributed by atoms with Gasteiger partial charge in [0.05, 0.1) is 35.0 Å².